The molecule has 0 heterocycles. The van der Waals surface area contributed by atoms with Crippen LogP contribution in [0, 0.1) is 5.41 Å². The van der Waals surface area contributed by atoms with Crippen molar-refractivity contribution in [1.29, 1.82) is 0 Å². The highest BCUT2D eigenvalue weighted by molar-refractivity contribution is 6.08. The fourth-order valence-electron chi connectivity index (χ4n) is 4.74. The van der Waals surface area contributed by atoms with Crippen molar-refractivity contribution in [2.75, 3.05) is 20.2 Å². The largest absolute Gasteiger partial charge is 0.492 e. The number of hydrogen-bond donors (Lipinski definition) is 1. The summed E-state index contributed by atoms with van der Waals surface area (Å²) in [7, 11) is 4.23. The number of benzene rings is 3. The first-order valence-corrected chi connectivity index (χ1v) is 13.1. The van der Waals surface area contributed by atoms with Gasteiger partial charge in [0, 0.05) is 6.54 Å². The molecule has 0 radical (unpaired) electrons. The monoisotopic (exact) mass is 467 g/mol. The quantitative estimate of drug-likeness (QED) is 0.172. The zero-order valence-corrected chi connectivity index (χ0v) is 22.5. The van der Waals surface area contributed by atoms with Crippen molar-refractivity contribution in [3.63, 3.8) is 0 Å². The summed E-state index contributed by atoms with van der Waals surface area (Å²) in [6.07, 6.45) is 3.36. The molecule has 0 aliphatic carbocycles. The van der Waals surface area contributed by atoms with E-state index in [1.54, 1.807) is 0 Å². The second kappa shape index (κ2) is 12.8. The fourth-order valence-corrected chi connectivity index (χ4v) is 4.74. The first-order valence-electron chi connectivity index (χ1n) is 13.1. The van der Waals surface area contributed by atoms with E-state index in [1.807, 2.05) is 7.05 Å². The smallest absolute Gasteiger partial charge is 0.119 e. The zero-order chi connectivity index (χ0) is 25.3. The van der Waals surface area contributed by atoms with Gasteiger partial charge in [0.1, 0.15) is 20.2 Å². The molecule has 3 heteroatoms. The van der Waals surface area contributed by atoms with Gasteiger partial charge in [-0.25, -0.2) is 0 Å². The molecule has 1 unspecified atom stereocenters. The van der Waals surface area contributed by atoms with Crippen LogP contribution in [-0.2, 0) is 0 Å². The SMILES string of the molecule is BCC(C)(C)CC(C)c1ccc(/C(=C(\CC)c2ccccc2)c2ccc(OCCNC)cc2)cc1. The number of nitrogens with one attached hydrogen (secondary N) is 1. The summed E-state index contributed by atoms with van der Waals surface area (Å²) in [5.41, 5.74) is 8.21. The molecule has 0 saturated carbocycles. The molecule has 1 N–H and O–H groups in total. The number of allylic oxidation sites excluding steroid dienone is 1. The maximum atomic E-state index is 5.87. The predicted molar refractivity (Wildman–Crippen MR) is 155 cm³/mol. The number of rotatable bonds is 12. The Morgan fingerprint density at radius 2 is 1.49 bits per heavy atom. The van der Waals surface area contributed by atoms with Crippen molar-refractivity contribution < 1.29 is 4.74 Å². The third-order valence-electron chi connectivity index (χ3n) is 7.13. The van der Waals surface area contributed by atoms with Gasteiger partial charge in [0.25, 0.3) is 0 Å². The lowest BCUT2D eigenvalue weighted by atomic mass is 9.72. The van der Waals surface area contributed by atoms with Crippen LogP contribution in [0.3, 0.4) is 0 Å². The van der Waals surface area contributed by atoms with Gasteiger partial charge in [-0.3, -0.25) is 0 Å². The molecule has 0 spiro atoms. The Labute approximate surface area is 214 Å². The van der Waals surface area contributed by atoms with E-state index in [4.69, 9.17) is 4.74 Å². The van der Waals surface area contributed by atoms with Crippen LogP contribution < -0.4 is 10.1 Å². The lowest BCUT2D eigenvalue weighted by Crippen LogP contribution is -2.15. The molecule has 0 aliphatic rings. The maximum Gasteiger partial charge on any atom is 0.119 e. The van der Waals surface area contributed by atoms with Gasteiger partial charge in [-0.1, -0.05) is 101 Å². The van der Waals surface area contributed by atoms with Crippen molar-refractivity contribution in [3.8, 4) is 5.75 Å². The van der Waals surface area contributed by atoms with Crippen molar-refractivity contribution in [2.24, 2.45) is 5.41 Å². The molecular formula is C32H42BNO. The van der Waals surface area contributed by atoms with E-state index in [9.17, 15) is 0 Å². The second-order valence-corrected chi connectivity index (χ2v) is 10.3. The van der Waals surface area contributed by atoms with Gasteiger partial charge >= 0.3 is 0 Å². The number of hydrogen-bond acceptors (Lipinski definition) is 2. The minimum atomic E-state index is 0.364. The molecule has 0 saturated heterocycles. The fraction of sp³-hybridized carbons (Fsp3) is 0.375. The molecule has 3 rings (SSSR count). The van der Waals surface area contributed by atoms with Crippen LogP contribution in [0.15, 0.2) is 78.9 Å². The highest BCUT2D eigenvalue weighted by atomic mass is 16.5. The van der Waals surface area contributed by atoms with Gasteiger partial charge in [-0.15, -0.1) is 0 Å². The lowest BCUT2D eigenvalue weighted by Gasteiger charge is -2.27. The third kappa shape index (κ3) is 7.35. The minimum Gasteiger partial charge on any atom is -0.492 e. The van der Waals surface area contributed by atoms with E-state index in [0.29, 0.717) is 17.9 Å². The Hall–Kier alpha value is -2.78. The second-order valence-electron chi connectivity index (χ2n) is 10.3. The van der Waals surface area contributed by atoms with Crippen LogP contribution in [0.2, 0.25) is 6.32 Å². The van der Waals surface area contributed by atoms with Crippen LogP contribution in [0.5, 0.6) is 5.75 Å². The van der Waals surface area contributed by atoms with E-state index in [-0.39, 0.29) is 0 Å². The van der Waals surface area contributed by atoms with Gasteiger partial charge in [-0.2, -0.15) is 0 Å². The predicted octanol–water partition coefficient (Wildman–Crippen LogP) is 7.23. The van der Waals surface area contributed by atoms with Crippen LogP contribution in [0.4, 0.5) is 0 Å². The summed E-state index contributed by atoms with van der Waals surface area (Å²) in [5.74, 6) is 1.45. The molecule has 1 atom stereocenters. The number of likely N-dealkylation sites (N-methyl/N-ethyl adjacent to an activating group) is 1. The average Bonchev–Trinajstić information content (AvgIpc) is 2.88. The maximum absolute atomic E-state index is 5.87. The first kappa shape index (κ1) is 26.8. The molecule has 0 amide bonds. The summed E-state index contributed by atoms with van der Waals surface area (Å²) in [5, 5.41) is 3.13. The minimum absolute atomic E-state index is 0.364. The summed E-state index contributed by atoms with van der Waals surface area (Å²) in [4.78, 5) is 0. The summed E-state index contributed by atoms with van der Waals surface area (Å²) in [6.45, 7) is 10.9. The highest BCUT2D eigenvalue weighted by Crippen LogP contribution is 2.37. The molecule has 35 heavy (non-hydrogen) atoms. The lowest BCUT2D eigenvalue weighted by molar-refractivity contribution is 0.318. The Kier molecular flexibility index (Phi) is 9.80. The molecule has 3 aromatic rings. The number of ether oxygens (including phenoxy) is 1. The van der Waals surface area contributed by atoms with E-state index in [1.165, 1.54) is 46.1 Å². The van der Waals surface area contributed by atoms with Gasteiger partial charge in [0.05, 0.1) is 0 Å². The van der Waals surface area contributed by atoms with Gasteiger partial charge in [0.15, 0.2) is 0 Å². The molecule has 3 aromatic carbocycles. The molecule has 2 nitrogen and oxygen atoms in total. The zero-order valence-electron chi connectivity index (χ0n) is 22.5. The Bertz CT molecular complexity index is 1070. The summed E-state index contributed by atoms with van der Waals surface area (Å²) in [6, 6.07) is 28.6. The summed E-state index contributed by atoms with van der Waals surface area (Å²) >= 11 is 0. The third-order valence-corrected chi connectivity index (χ3v) is 7.13. The summed E-state index contributed by atoms with van der Waals surface area (Å²) < 4.78 is 5.87. The van der Waals surface area contributed by atoms with E-state index >= 15 is 0 Å². The van der Waals surface area contributed by atoms with E-state index < -0.39 is 0 Å². The van der Waals surface area contributed by atoms with Crippen molar-refractivity contribution in [1.82, 2.24) is 5.32 Å². The normalized spacial score (nSPS) is 13.3. The first-order chi connectivity index (χ1) is 16.9. The Balaban J connectivity index is 2.00. The molecular weight excluding hydrogens is 425 g/mol. The van der Waals surface area contributed by atoms with Crippen molar-refractivity contribution in [3.05, 3.63) is 101 Å². The highest BCUT2D eigenvalue weighted by Gasteiger charge is 2.20. The average molecular weight is 468 g/mol. The molecule has 0 aliphatic heterocycles. The van der Waals surface area contributed by atoms with Gasteiger partial charge < -0.3 is 10.1 Å². The van der Waals surface area contributed by atoms with Crippen LogP contribution in [0.25, 0.3) is 11.1 Å². The Morgan fingerprint density at radius 3 is 2.03 bits per heavy atom. The van der Waals surface area contributed by atoms with E-state index in [0.717, 1.165) is 18.7 Å². The molecule has 0 fully saturated rings. The van der Waals surface area contributed by atoms with Crippen LogP contribution >= 0.6 is 0 Å². The molecule has 0 aromatic heterocycles. The van der Waals surface area contributed by atoms with Crippen molar-refractivity contribution in [2.45, 2.75) is 52.8 Å². The van der Waals surface area contributed by atoms with E-state index in [2.05, 4.69) is 120 Å². The van der Waals surface area contributed by atoms with Gasteiger partial charge in [0.2, 0.25) is 0 Å². The molecule has 184 valence electrons. The van der Waals surface area contributed by atoms with Crippen molar-refractivity contribution >= 4 is 19.0 Å². The Morgan fingerprint density at radius 1 is 0.886 bits per heavy atom. The van der Waals surface area contributed by atoms with Crippen LogP contribution in [0.1, 0.15) is 68.7 Å². The standard InChI is InChI=1S/C32H42BNO/c1-6-30(26-10-8-7-9-11-26)31(28-16-18-29(19-17-28)35-21-20-34-5)27-14-12-25(13-15-27)24(2)22-32(3,4)23-33/h7-19,24,34H,6,20-23,33H2,1-5H3/b31-30-. The molecule has 0 bridgehead atoms. The van der Waals surface area contributed by atoms with Gasteiger partial charge in [-0.05, 0) is 76.8 Å². The topological polar surface area (TPSA) is 21.3 Å². The van der Waals surface area contributed by atoms with Crippen LogP contribution in [-0.4, -0.2) is 28.0 Å².